The number of allylic oxidation sites excluding steroid dienone is 1. The molecule has 1 atom stereocenters. The predicted molar refractivity (Wildman–Crippen MR) is 183 cm³/mol. The van der Waals surface area contributed by atoms with Gasteiger partial charge in [-0.05, 0) is 84.2 Å². The van der Waals surface area contributed by atoms with Gasteiger partial charge in [0.1, 0.15) is 5.75 Å². The Hall–Kier alpha value is -3.63. The summed E-state index contributed by atoms with van der Waals surface area (Å²) in [5, 5.41) is 2.17. The fourth-order valence-electron chi connectivity index (χ4n) is 5.75. The number of thiazole rings is 1. The summed E-state index contributed by atoms with van der Waals surface area (Å²) >= 11 is 17.6. The molecular formula is C34H28BrCl2N3O4S. The van der Waals surface area contributed by atoms with E-state index in [1.807, 2.05) is 55.5 Å². The molecule has 0 bridgehead atoms. The molecule has 230 valence electrons. The Morgan fingerprint density at radius 2 is 1.89 bits per heavy atom. The zero-order chi connectivity index (χ0) is 32.0. The molecule has 11 heteroatoms. The van der Waals surface area contributed by atoms with Gasteiger partial charge in [0.15, 0.2) is 4.80 Å². The maximum atomic E-state index is 14.3. The highest BCUT2D eigenvalue weighted by atomic mass is 79.9. The Balaban J connectivity index is 1.55. The zero-order valence-electron chi connectivity index (χ0n) is 24.9. The number of esters is 1. The summed E-state index contributed by atoms with van der Waals surface area (Å²) in [7, 11) is 1.58. The topological polar surface area (TPSA) is 74.8 Å². The number of carbonyl (C=O) groups is 1. The number of hydrogen-bond acceptors (Lipinski definition) is 6. The van der Waals surface area contributed by atoms with E-state index in [1.165, 1.54) is 11.3 Å². The number of nitrogens with zero attached hydrogens (tertiary/aromatic N) is 3. The lowest BCUT2D eigenvalue weighted by molar-refractivity contribution is -0.139. The SMILES string of the molecule is CCOC(=O)C1=C(C)N=c2s/c(=C/c3c(C)n(Cc4ccc(Cl)cc4Cl)c4ccccc34)c(=O)n2[C@@H]1c1ccc(OC)c(Br)c1. The summed E-state index contributed by atoms with van der Waals surface area (Å²) in [6.07, 6.45) is 1.92. The van der Waals surface area contributed by atoms with Crippen molar-refractivity contribution in [2.75, 3.05) is 13.7 Å². The number of ether oxygens (including phenoxy) is 2. The molecule has 1 aliphatic heterocycles. The fourth-order valence-corrected chi connectivity index (χ4v) is 7.81. The summed E-state index contributed by atoms with van der Waals surface area (Å²) < 4.78 is 15.8. The van der Waals surface area contributed by atoms with Crippen molar-refractivity contribution < 1.29 is 14.3 Å². The minimum absolute atomic E-state index is 0.198. The van der Waals surface area contributed by atoms with Crippen LogP contribution in [0.4, 0.5) is 0 Å². The van der Waals surface area contributed by atoms with E-state index in [2.05, 4.69) is 26.6 Å². The number of halogens is 3. The van der Waals surface area contributed by atoms with Crippen LogP contribution in [-0.2, 0) is 16.1 Å². The molecule has 6 rings (SSSR count). The largest absolute Gasteiger partial charge is 0.496 e. The van der Waals surface area contributed by atoms with Crippen molar-refractivity contribution in [1.29, 1.82) is 0 Å². The molecule has 0 saturated heterocycles. The van der Waals surface area contributed by atoms with Crippen LogP contribution in [0.3, 0.4) is 0 Å². The first kappa shape index (κ1) is 31.4. The third kappa shape index (κ3) is 5.67. The van der Waals surface area contributed by atoms with Crippen molar-refractivity contribution in [2.24, 2.45) is 4.99 Å². The third-order valence-corrected chi connectivity index (χ3v) is 10.1. The number of hydrogen-bond donors (Lipinski definition) is 0. The van der Waals surface area contributed by atoms with Gasteiger partial charge in [0, 0.05) is 38.8 Å². The number of para-hydroxylation sites is 1. The van der Waals surface area contributed by atoms with Gasteiger partial charge in [0.2, 0.25) is 0 Å². The standard InChI is InChI=1S/C34H28BrCl2N3O4S/c1-5-44-33(42)30-18(2)38-34-40(31(30)20-11-13-28(43-4)25(35)14-20)32(41)29(45-34)16-24-19(3)39(27-9-7-6-8-23(24)27)17-21-10-12-22(36)15-26(21)37/h6-16,31H,5,17H2,1-4H3/b29-16+/t31-/m1/s1. The van der Waals surface area contributed by atoms with Gasteiger partial charge < -0.3 is 14.0 Å². The lowest BCUT2D eigenvalue weighted by atomic mass is 9.96. The van der Waals surface area contributed by atoms with Gasteiger partial charge in [-0.2, -0.15) is 0 Å². The molecule has 2 aromatic heterocycles. The van der Waals surface area contributed by atoms with Crippen LogP contribution in [0.25, 0.3) is 17.0 Å². The van der Waals surface area contributed by atoms with Gasteiger partial charge in [0.05, 0.1) is 40.0 Å². The molecule has 0 saturated carbocycles. The van der Waals surface area contributed by atoms with Crippen molar-refractivity contribution >= 4 is 73.4 Å². The van der Waals surface area contributed by atoms with Gasteiger partial charge in [-0.3, -0.25) is 9.36 Å². The Bertz CT molecular complexity index is 2220. The number of fused-ring (bicyclic) bond motifs is 2. The summed E-state index contributed by atoms with van der Waals surface area (Å²) in [5.74, 6) is 0.126. The summed E-state index contributed by atoms with van der Waals surface area (Å²) in [4.78, 5) is 32.8. The normalized spacial score (nSPS) is 14.9. The van der Waals surface area contributed by atoms with E-state index in [0.29, 0.717) is 47.4 Å². The summed E-state index contributed by atoms with van der Waals surface area (Å²) in [6, 6.07) is 18.4. The lowest BCUT2D eigenvalue weighted by Crippen LogP contribution is -2.40. The maximum absolute atomic E-state index is 14.3. The quantitative estimate of drug-likeness (QED) is 0.167. The van der Waals surface area contributed by atoms with Crippen LogP contribution in [0.15, 0.2) is 86.2 Å². The first-order valence-corrected chi connectivity index (χ1v) is 16.5. The predicted octanol–water partition coefficient (Wildman–Crippen LogP) is 7.19. The van der Waals surface area contributed by atoms with E-state index >= 15 is 0 Å². The molecule has 0 amide bonds. The average molecular weight is 725 g/mol. The second-order valence-corrected chi connectivity index (χ2v) is 13.2. The van der Waals surface area contributed by atoms with E-state index < -0.39 is 12.0 Å². The van der Waals surface area contributed by atoms with Crippen LogP contribution in [0, 0.1) is 6.92 Å². The van der Waals surface area contributed by atoms with Crippen molar-refractivity contribution in [1.82, 2.24) is 9.13 Å². The second-order valence-electron chi connectivity index (χ2n) is 10.5. The maximum Gasteiger partial charge on any atom is 0.338 e. The van der Waals surface area contributed by atoms with E-state index in [4.69, 9.17) is 37.7 Å². The van der Waals surface area contributed by atoms with E-state index in [1.54, 1.807) is 37.7 Å². The number of aromatic nitrogens is 2. The van der Waals surface area contributed by atoms with Crippen molar-refractivity contribution in [3.05, 3.63) is 129 Å². The smallest absolute Gasteiger partial charge is 0.338 e. The van der Waals surface area contributed by atoms with E-state index in [9.17, 15) is 9.59 Å². The zero-order valence-corrected chi connectivity index (χ0v) is 28.8. The Morgan fingerprint density at radius 1 is 1.11 bits per heavy atom. The number of carbonyl (C=O) groups excluding carboxylic acids is 1. The second kappa shape index (κ2) is 12.6. The minimum atomic E-state index is -0.737. The van der Waals surface area contributed by atoms with Gasteiger partial charge in [-0.15, -0.1) is 0 Å². The van der Waals surface area contributed by atoms with Crippen LogP contribution in [0.2, 0.25) is 10.0 Å². The van der Waals surface area contributed by atoms with Crippen molar-refractivity contribution in [2.45, 2.75) is 33.4 Å². The highest BCUT2D eigenvalue weighted by molar-refractivity contribution is 9.10. The third-order valence-electron chi connectivity index (χ3n) is 7.91. The highest BCUT2D eigenvalue weighted by Crippen LogP contribution is 2.35. The molecule has 5 aromatic rings. The molecule has 0 N–H and O–H groups in total. The van der Waals surface area contributed by atoms with Crippen molar-refractivity contribution in [3.63, 3.8) is 0 Å². The van der Waals surface area contributed by atoms with Crippen LogP contribution in [0.5, 0.6) is 5.75 Å². The molecule has 0 aliphatic carbocycles. The van der Waals surface area contributed by atoms with Crippen LogP contribution in [-0.4, -0.2) is 28.8 Å². The molecule has 3 aromatic carbocycles. The van der Waals surface area contributed by atoms with Crippen molar-refractivity contribution in [3.8, 4) is 5.75 Å². The number of benzene rings is 3. The highest BCUT2D eigenvalue weighted by Gasteiger charge is 2.33. The van der Waals surface area contributed by atoms with Crippen LogP contribution in [0.1, 0.15) is 42.3 Å². The number of methoxy groups -OCH3 is 1. The average Bonchev–Trinajstić information content (AvgIpc) is 3.46. The Kier molecular flexibility index (Phi) is 8.81. The fraction of sp³-hybridized carbons (Fsp3) is 0.206. The number of rotatable bonds is 7. The Labute approximate surface area is 281 Å². The monoisotopic (exact) mass is 723 g/mol. The van der Waals surface area contributed by atoms with Gasteiger partial charge in [-0.25, -0.2) is 9.79 Å². The lowest BCUT2D eigenvalue weighted by Gasteiger charge is -2.25. The Morgan fingerprint density at radius 3 is 2.60 bits per heavy atom. The molecule has 0 unspecified atom stereocenters. The molecule has 0 fully saturated rings. The van der Waals surface area contributed by atoms with Gasteiger partial charge in [-0.1, -0.05) is 64.9 Å². The summed E-state index contributed by atoms with van der Waals surface area (Å²) in [6.45, 7) is 6.29. The van der Waals surface area contributed by atoms with E-state index in [0.717, 1.165) is 33.3 Å². The molecule has 0 spiro atoms. The molecule has 45 heavy (non-hydrogen) atoms. The summed E-state index contributed by atoms with van der Waals surface area (Å²) in [5.41, 5.74) is 5.15. The van der Waals surface area contributed by atoms with Crippen LogP contribution >= 0.6 is 50.5 Å². The molecule has 0 radical (unpaired) electrons. The molecule has 1 aliphatic rings. The van der Waals surface area contributed by atoms with E-state index in [-0.39, 0.29) is 12.2 Å². The van der Waals surface area contributed by atoms with Crippen LogP contribution < -0.4 is 19.6 Å². The molecule has 3 heterocycles. The first-order chi connectivity index (χ1) is 21.6. The van der Waals surface area contributed by atoms with Gasteiger partial charge >= 0.3 is 5.97 Å². The molecular weight excluding hydrogens is 697 g/mol. The minimum Gasteiger partial charge on any atom is -0.496 e. The first-order valence-electron chi connectivity index (χ1n) is 14.2. The molecule has 7 nitrogen and oxygen atoms in total. The van der Waals surface area contributed by atoms with Gasteiger partial charge in [0.25, 0.3) is 5.56 Å².